The molecule has 1 aliphatic rings. The van der Waals surface area contributed by atoms with Crippen LogP contribution in [0.25, 0.3) is 0 Å². The minimum atomic E-state index is -0.0279. The maximum Gasteiger partial charge on any atom is 0.225 e. The first-order valence-corrected chi connectivity index (χ1v) is 7.47. The second kappa shape index (κ2) is 7.43. The molecule has 1 aromatic rings. The quantitative estimate of drug-likeness (QED) is 0.765. The number of hydrogen-bond acceptors (Lipinski definition) is 4. The highest BCUT2D eigenvalue weighted by atomic mass is 16.5. The summed E-state index contributed by atoms with van der Waals surface area (Å²) in [4.78, 5) is 14.0. The lowest BCUT2D eigenvalue weighted by Crippen LogP contribution is -2.28. The van der Waals surface area contributed by atoms with Crippen molar-refractivity contribution < 1.29 is 9.53 Å². The molecule has 1 unspecified atom stereocenters. The molecular formula is C16H25N3O2. The minimum Gasteiger partial charge on any atom is -0.492 e. The minimum absolute atomic E-state index is 0.00970. The zero-order chi connectivity index (χ0) is 15.2. The standard InChI is InChI=1S/C16H25N3O2/c1-19(2)8-9-21-14-5-3-4-13(10-14)18-16(20)11-15(17)12-6-7-12/h3-5,10,12,15H,6-9,11,17H2,1-2H3,(H,18,20). The van der Waals surface area contributed by atoms with Gasteiger partial charge in [-0.3, -0.25) is 4.79 Å². The average molecular weight is 291 g/mol. The molecule has 0 bridgehead atoms. The molecule has 2 rings (SSSR count). The Morgan fingerprint density at radius 1 is 1.48 bits per heavy atom. The third-order valence-corrected chi connectivity index (χ3v) is 3.57. The van der Waals surface area contributed by atoms with Gasteiger partial charge in [0.25, 0.3) is 0 Å². The largest absolute Gasteiger partial charge is 0.492 e. The van der Waals surface area contributed by atoms with E-state index in [-0.39, 0.29) is 11.9 Å². The van der Waals surface area contributed by atoms with Gasteiger partial charge in [0.15, 0.2) is 0 Å². The number of carbonyl (C=O) groups excluding carboxylic acids is 1. The molecular weight excluding hydrogens is 266 g/mol. The smallest absolute Gasteiger partial charge is 0.225 e. The van der Waals surface area contributed by atoms with Gasteiger partial charge in [-0.1, -0.05) is 6.07 Å². The molecule has 0 aromatic heterocycles. The van der Waals surface area contributed by atoms with Gasteiger partial charge in [0.2, 0.25) is 5.91 Å². The molecule has 1 atom stereocenters. The van der Waals surface area contributed by atoms with Gasteiger partial charge in [0.1, 0.15) is 12.4 Å². The van der Waals surface area contributed by atoms with Gasteiger partial charge in [-0.15, -0.1) is 0 Å². The van der Waals surface area contributed by atoms with Crippen molar-refractivity contribution in [2.24, 2.45) is 11.7 Å². The maximum atomic E-state index is 11.9. The highest BCUT2D eigenvalue weighted by molar-refractivity contribution is 5.91. The number of hydrogen-bond donors (Lipinski definition) is 2. The Morgan fingerprint density at radius 3 is 2.90 bits per heavy atom. The third-order valence-electron chi connectivity index (χ3n) is 3.57. The average Bonchev–Trinajstić information content (AvgIpc) is 3.22. The molecule has 1 fully saturated rings. The van der Waals surface area contributed by atoms with Gasteiger partial charge in [0, 0.05) is 30.8 Å². The number of rotatable bonds is 8. The topological polar surface area (TPSA) is 67.6 Å². The molecule has 0 spiro atoms. The lowest BCUT2D eigenvalue weighted by molar-refractivity contribution is -0.116. The van der Waals surface area contributed by atoms with Gasteiger partial charge >= 0.3 is 0 Å². The summed E-state index contributed by atoms with van der Waals surface area (Å²) in [5.74, 6) is 1.28. The Balaban J connectivity index is 1.80. The highest BCUT2D eigenvalue weighted by Gasteiger charge is 2.29. The van der Waals surface area contributed by atoms with E-state index in [1.54, 1.807) is 0 Å². The number of nitrogens with two attached hydrogens (primary N) is 1. The van der Waals surface area contributed by atoms with Gasteiger partial charge in [-0.2, -0.15) is 0 Å². The van der Waals surface area contributed by atoms with Crippen molar-refractivity contribution >= 4 is 11.6 Å². The monoisotopic (exact) mass is 291 g/mol. The number of ether oxygens (including phenoxy) is 1. The molecule has 5 nitrogen and oxygen atoms in total. The maximum absolute atomic E-state index is 11.9. The summed E-state index contributed by atoms with van der Waals surface area (Å²) in [5.41, 5.74) is 6.72. The fraction of sp³-hybridized carbons (Fsp3) is 0.562. The van der Waals surface area contributed by atoms with Crippen LogP contribution in [0.3, 0.4) is 0 Å². The van der Waals surface area contributed by atoms with Crippen LogP contribution in [-0.4, -0.2) is 44.1 Å². The van der Waals surface area contributed by atoms with Gasteiger partial charge in [-0.05, 0) is 45.0 Å². The van der Waals surface area contributed by atoms with E-state index >= 15 is 0 Å². The molecule has 3 N–H and O–H groups in total. The Labute approximate surface area is 126 Å². The third kappa shape index (κ3) is 5.73. The lowest BCUT2D eigenvalue weighted by atomic mass is 10.1. The number of anilines is 1. The van der Waals surface area contributed by atoms with E-state index in [0.29, 0.717) is 18.9 Å². The molecule has 1 aromatic carbocycles. The van der Waals surface area contributed by atoms with E-state index in [9.17, 15) is 4.79 Å². The second-order valence-corrected chi connectivity index (χ2v) is 5.93. The van der Waals surface area contributed by atoms with E-state index in [2.05, 4.69) is 10.2 Å². The van der Waals surface area contributed by atoms with E-state index in [1.807, 2.05) is 38.4 Å². The zero-order valence-corrected chi connectivity index (χ0v) is 12.8. The molecule has 1 saturated carbocycles. The summed E-state index contributed by atoms with van der Waals surface area (Å²) in [7, 11) is 4.01. The first-order chi connectivity index (χ1) is 10.0. The Hall–Kier alpha value is -1.59. The molecule has 116 valence electrons. The fourth-order valence-corrected chi connectivity index (χ4v) is 2.13. The van der Waals surface area contributed by atoms with Gasteiger partial charge in [0.05, 0.1) is 0 Å². The Morgan fingerprint density at radius 2 is 2.24 bits per heavy atom. The lowest BCUT2D eigenvalue weighted by Gasteiger charge is -2.13. The second-order valence-electron chi connectivity index (χ2n) is 5.93. The van der Waals surface area contributed by atoms with Crippen molar-refractivity contribution in [1.29, 1.82) is 0 Å². The number of benzene rings is 1. The molecule has 21 heavy (non-hydrogen) atoms. The molecule has 1 aliphatic carbocycles. The number of amides is 1. The number of likely N-dealkylation sites (N-methyl/N-ethyl adjacent to an activating group) is 1. The molecule has 0 radical (unpaired) electrons. The van der Waals surface area contributed by atoms with Crippen LogP contribution < -0.4 is 15.8 Å². The van der Waals surface area contributed by atoms with Crippen LogP contribution >= 0.6 is 0 Å². The van der Waals surface area contributed by atoms with Crippen molar-refractivity contribution in [3.8, 4) is 5.75 Å². The van der Waals surface area contributed by atoms with Crippen LogP contribution in [0.5, 0.6) is 5.75 Å². The summed E-state index contributed by atoms with van der Waals surface area (Å²) in [5, 5.41) is 2.89. The normalized spacial score (nSPS) is 15.8. The Bertz CT molecular complexity index is 472. The molecule has 0 heterocycles. The van der Waals surface area contributed by atoms with E-state index in [0.717, 1.165) is 30.8 Å². The fourth-order valence-electron chi connectivity index (χ4n) is 2.13. The number of carbonyl (C=O) groups is 1. The number of nitrogens with one attached hydrogen (secondary N) is 1. The molecule has 5 heteroatoms. The van der Waals surface area contributed by atoms with Gasteiger partial charge < -0.3 is 20.7 Å². The predicted molar refractivity (Wildman–Crippen MR) is 84.4 cm³/mol. The molecule has 0 saturated heterocycles. The van der Waals surface area contributed by atoms with Crippen LogP contribution in [-0.2, 0) is 4.79 Å². The zero-order valence-electron chi connectivity index (χ0n) is 12.8. The van der Waals surface area contributed by atoms with Crippen molar-refractivity contribution in [3.05, 3.63) is 24.3 Å². The number of nitrogens with zero attached hydrogens (tertiary/aromatic N) is 1. The molecule has 0 aliphatic heterocycles. The van der Waals surface area contributed by atoms with E-state index < -0.39 is 0 Å². The van der Waals surface area contributed by atoms with E-state index in [1.165, 1.54) is 0 Å². The summed E-state index contributed by atoms with van der Waals surface area (Å²) in [6.07, 6.45) is 2.70. The van der Waals surface area contributed by atoms with Gasteiger partial charge in [-0.25, -0.2) is 0 Å². The highest BCUT2D eigenvalue weighted by Crippen LogP contribution is 2.32. The first kappa shape index (κ1) is 15.8. The Kier molecular flexibility index (Phi) is 5.59. The van der Waals surface area contributed by atoms with Crippen LogP contribution in [0.15, 0.2) is 24.3 Å². The predicted octanol–water partition coefficient (Wildman–Crippen LogP) is 1.69. The van der Waals surface area contributed by atoms with Crippen molar-refractivity contribution in [2.45, 2.75) is 25.3 Å². The van der Waals surface area contributed by atoms with Crippen LogP contribution in [0.4, 0.5) is 5.69 Å². The molecule has 1 amide bonds. The SMILES string of the molecule is CN(C)CCOc1cccc(NC(=O)CC(N)C2CC2)c1. The summed E-state index contributed by atoms with van der Waals surface area (Å²) in [6, 6.07) is 7.46. The van der Waals surface area contributed by atoms with Crippen LogP contribution in [0.2, 0.25) is 0 Å². The summed E-state index contributed by atoms with van der Waals surface area (Å²) in [6.45, 7) is 1.48. The van der Waals surface area contributed by atoms with E-state index in [4.69, 9.17) is 10.5 Å². The van der Waals surface area contributed by atoms with Crippen LogP contribution in [0.1, 0.15) is 19.3 Å². The van der Waals surface area contributed by atoms with Crippen molar-refractivity contribution in [3.63, 3.8) is 0 Å². The van der Waals surface area contributed by atoms with Crippen LogP contribution in [0, 0.1) is 5.92 Å². The first-order valence-electron chi connectivity index (χ1n) is 7.47. The summed E-state index contributed by atoms with van der Waals surface area (Å²) < 4.78 is 5.65. The van der Waals surface area contributed by atoms with Crippen molar-refractivity contribution in [1.82, 2.24) is 4.90 Å². The summed E-state index contributed by atoms with van der Waals surface area (Å²) >= 11 is 0. The van der Waals surface area contributed by atoms with Crippen molar-refractivity contribution in [2.75, 3.05) is 32.6 Å².